The van der Waals surface area contributed by atoms with Gasteiger partial charge in [0.25, 0.3) is 5.91 Å². The van der Waals surface area contributed by atoms with Gasteiger partial charge in [-0.05, 0) is 52.4 Å². The Morgan fingerprint density at radius 2 is 2.19 bits per heavy atom. The fourth-order valence-electron chi connectivity index (χ4n) is 1.88. The number of fused-ring (bicyclic) bond motifs is 1. The molecule has 0 bridgehead atoms. The summed E-state index contributed by atoms with van der Waals surface area (Å²) in [6.07, 6.45) is 1.59. The van der Waals surface area contributed by atoms with Gasteiger partial charge in [-0.15, -0.1) is 0 Å². The van der Waals surface area contributed by atoms with E-state index < -0.39 is 0 Å². The average molecular weight is 414 g/mol. The van der Waals surface area contributed by atoms with Gasteiger partial charge in [-0.3, -0.25) is 4.79 Å². The number of benzene rings is 1. The molecule has 0 unspecified atom stereocenters. The molecule has 106 valence electrons. The maximum atomic E-state index is 12.3. The zero-order valence-electron chi connectivity index (χ0n) is 10.8. The number of rotatable bonds is 2. The number of amides is 1. The van der Waals surface area contributed by atoms with Crippen molar-refractivity contribution < 1.29 is 4.79 Å². The first-order valence-corrected chi connectivity index (χ1v) is 7.42. The first kappa shape index (κ1) is 14.2. The van der Waals surface area contributed by atoms with Gasteiger partial charge in [0.05, 0.1) is 6.33 Å². The van der Waals surface area contributed by atoms with E-state index in [-0.39, 0.29) is 11.2 Å². The van der Waals surface area contributed by atoms with Crippen LogP contribution in [0.1, 0.15) is 10.4 Å². The molecule has 0 spiro atoms. The largest absolute Gasteiger partial charge is 0.318 e. The van der Waals surface area contributed by atoms with Gasteiger partial charge in [-0.25, -0.2) is 4.98 Å². The van der Waals surface area contributed by atoms with E-state index in [0.29, 0.717) is 22.5 Å². The molecule has 3 aromatic rings. The fraction of sp³-hybridized carbons (Fsp3) is 0.0769. The highest BCUT2D eigenvalue weighted by molar-refractivity contribution is 14.1. The molecule has 1 amide bonds. The molecule has 3 rings (SSSR count). The van der Waals surface area contributed by atoms with Crippen molar-refractivity contribution in [1.29, 1.82) is 0 Å². The van der Waals surface area contributed by atoms with Crippen LogP contribution in [0.5, 0.6) is 0 Å². The topological polar surface area (TPSA) is 72.7 Å². The number of imidazole rings is 1. The Labute approximate surface area is 138 Å². The summed E-state index contributed by atoms with van der Waals surface area (Å²) in [5.74, 6) is 0.0321. The van der Waals surface area contributed by atoms with Gasteiger partial charge in [-0.2, -0.15) is 9.97 Å². The number of nitrogens with zero attached hydrogens (tertiary/aromatic N) is 4. The highest BCUT2D eigenvalue weighted by Gasteiger charge is 2.14. The van der Waals surface area contributed by atoms with Gasteiger partial charge in [0.2, 0.25) is 5.28 Å². The van der Waals surface area contributed by atoms with E-state index in [2.05, 4.69) is 42.9 Å². The molecule has 0 saturated heterocycles. The van der Waals surface area contributed by atoms with Crippen LogP contribution in [-0.2, 0) is 7.05 Å². The van der Waals surface area contributed by atoms with Crippen LogP contribution in [0.3, 0.4) is 0 Å². The minimum absolute atomic E-state index is 0.0593. The van der Waals surface area contributed by atoms with E-state index in [1.165, 1.54) is 0 Å². The van der Waals surface area contributed by atoms with Crippen molar-refractivity contribution in [3.8, 4) is 0 Å². The number of carbonyl (C=O) groups is 1. The minimum Gasteiger partial charge on any atom is -0.318 e. The van der Waals surface area contributed by atoms with Gasteiger partial charge >= 0.3 is 0 Å². The van der Waals surface area contributed by atoms with Gasteiger partial charge in [0.15, 0.2) is 17.0 Å². The smallest absolute Gasteiger partial charge is 0.256 e. The third-order valence-corrected chi connectivity index (χ3v) is 3.69. The summed E-state index contributed by atoms with van der Waals surface area (Å²) in [5.41, 5.74) is 1.61. The van der Waals surface area contributed by atoms with Gasteiger partial charge in [-0.1, -0.05) is 6.07 Å². The van der Waals surface area contributed by atoms with Gasteiger partial charge < -0.3 is 9.88 Å². The number of halogens is 2. The Kier molecular flexibility index (Phi) is 3.77. The molecule has 0 aliphatic rings. The van der Waals surface area contributed by atoms with E-state index in [9.17, 15) is 4.79 Å². The Hall–Kier alpha value is -1.74. The lowest BCUT2D eigenvalue weighted by Crippen LogP contribution is -2.14. The molecule has 0 radical (unpaired) electrons. The van der Waals surface area contributed by atoms with Crippen molar-refractivity contribution in [2.75, 3.05) is 5.32 Å². The summed E-state index contributed by atoms with van der Waals surface area (Å²) < 4.78 is 2.69. The summed E-state index contributed by atoms with van der Waals surface area (Å²) in [6.45, 7) is 0. The minimum atomic E-state index is -0.268. The zero-order chi connectivity index (χ0) is 15.0. The molecule has 8 heteroatoms. The first-order chi connectivity index (χ1) is 10.0. The molecule has 0 fully saturated rings. The Morgan fingerprint density at radius 1 is 1.38 bits per heavy atom. The van der Waals surface area contributed by atoms with E-state index in [1.54, 1.807) is 30.1 Å². The summed E-state index contributed by atoms with van der Waals surface area (Å²) in [5, 5.41) is 2.79. The number of nitrogens with one attached hydrogen (secondary N) is 1. The van der Waals surface area contributed by atoms with E-state index in [0.717, 1.165) is 3.57 Å². The SMILES string of the molecule is Cn1cnc2c(NC(=O)c3cccc(I)c3)nc(Cl)nc21. The molecule has 0 aliphatic heterocycles. The Morgan fingerprint density at radius 3 is 2.95 bits per heavy atom. The average Bonchev–Trinajstić information content (AvgIpc) is 2.80. The number of carbonyl (C=O) groups excluding carboxylic acids is 1. The Bertz CT molecular complexity index is 848. The van der Waals surface area contributed by atoms with Crippen LogP contribution in [0.25, 0.3) is 11.2 Å². The summed E-state index contributed by atoms with van der Waals surface area (Å²) >= 11 is 8.04. The quantitative estimate of drug-likeness (QED) is 0.518. The Balaban J connectivity index is 2.00. The number of aromatic nitrogens is 4. The molecule has 0 atom stereocenters. The molecule has 2 heterocycles. The van der Waals surface area contributed by atoms with Crippen LogP contribution < -0.4 is 5.32 Å². The van der Waals surface area contributed by atoms with E-state index >= 15 is 0 Å². The van der Waals surface area contributed by atoms with Gasteiger partial charge in [0, 0.05) is 16.2 Å². The molecule has 1 N–H and O–H groups in total. The molecule has 21 heavy (non-hydrogen) atoms. The molecular weight excluding hydrogens is 405 g/mol. The lowest BCUT2D eigenvalue weighted by Gasteiger charge is -2.06. The maximum absolute atomic E-state index is 12.3. The molecule has 0 aliphatic carbocycles. The molecule has 0 saturated carbocycles. The highest BCUT2D eigenvalue weighted by atomic mass is 127. The van der Waals surface area contributed by atoms with Crippen molar-refractivity contribution in [3.63, 3.8) is 0 Å². The summed E-state index contributed by atoms with van der Waals surface area (Å²) in [7, 11) is 1.80. The van der Waals surface area contributed by atoms with Crippen molar-refractivity contribution in [2.24, 2.45) is 7.05 Å². The van der Waals surface area contributed by atoms with Crippen LogP contribution in [0.4, 0.5) is 5.82 Å². The standard InChI is InChI=1S/C13H9ClIN5O/c1-20-6-16-9-10(18-13(14)19-11(9)20)17-12(21)7-3-2-4-8(15)5-7/h2-6H,1H3,(H,17,18,19,21). The molecule has 1 aromatic carbocycles. The van der Waals surface area contributed by atoms with Gasteiger partial charge in [0.1, 0.15) is 0 Å². The van der Waals surface area contributed by atoms with Crippen molar-refractivity contribution in [3.05, 3.63) is 45.0 Å². The third-order valence-electron chi connectivity index (χ3n) is 2.85. The summed E-state index contributed by atoms with van der Waals surface area (Å²) in [4.78, 5) is 24.6. The number of anilines is 1. The number of hydrogen-bond donors (Lipinski definition) is 1. The van der Waals surface area contributed by atoms with Crippen molar-refractivity contribution in [1.82, 2.24) is 19.5 Å². The fourth-order valence-corrected chi connectivity index (χ4v) is 2.58. The molecular formula is C13H9ClIN5O. The molecule has 2 aromatic heterocycles. The maximum Gasteiger partial charge on any atom is 0.256 e. The predicted octanol–water partition coefficient (Wildman–Crippen LogP) is 2.87. The van der Waals surface area contributed by atoms with Crippen LogP contribution in [0.15, 0.2) is 30.6 Å². The third kappa shape index (κ3) is 2.84. The predicted molar refractivity (Wildman–Crippen MR) is 88.4 cm³/mol. The normalized spacial score (nSPS) is 10.8. The first-order valence-electron chi connectivity index (χ1n) is 5.96. The van der Waals surface area contributed by atoms with E-state index in [4.69, 9.17) is 11.6 Å². The number of aryl methyl sites for hydroxylation is 1. The second kappa shape index (κ2) is 5.57. The van der Waals surface area contributed by atoms with Crippen molar-refractivity contribution >= 4 is 57.1 Å². The second-order valence-electron chi connectivity index (χ2n) is 4.33. The van der Waals surface area contributed by atoms with Crippen LogP contribution in [-0.4, -0.2) is 25.4 Å². The van der Waals surface area contributed by atoms with Crippen LogP contribution >= 0.6 is 34.2 Å². The second-order valence-corrected chi connectivity index (χ2v) is 5.92. The lowest BCUT2D eigenvalue weighted by molar-refractivity contribution is 0.102. The lowest BCUT2D eigenvalue weighted by atomic mass is 10.2. The van der Waals surface area contributed by atoms with Crippen LogP contribution in [0, 0.1) is 3.57 Å². The number of hydrogen-bond acceptors (Lipinski definition) is 4. The monoisotopic (exact) mass is 413 g/mol. The summed E-state index contributed by atoms with van der Waals surface area (Å²) in [6, 6.07) is 7.25. The molecule has 6 nitrogen and oxygen atoms in total. The highest BCUT2D eigenvalue weighted by Crippen LogP contribution is 2.21. The van der Waals surface area contributed by atoms with Crippen LogP contribution in [0.2, 0.25) is 5.28 Å². The zero-order valence-corrected chi connectivity index (χ0v) is 13.8. The van der Waals surface area contributed by atoms with E-state index in [1.807, 2.05) is 12.1 Å². The van der Waals surface area contributed by atoms with Crippen molar-refractivity contribution in [2.45, 2.75) is 0 Å².